The summed E-state index contributed by atoms with van der Waals surface area (Å²) in [5.41, 5.74) is -4.81. The number of likely N-dealkylation sites (tertiary alicyclic amines) is 1. The minimum atomic E-state index is -1.85. The molecule has 6 fully saturated rings. The van der Waals surface area contributed by atoms with Gasteiger partial charge in [-0.1, -0.05) is 18.2 Å². The lowest BCUT2D eigenvalue weighted by Gasteiger charge is -2.68. The quantitative estimate of drug-likeness (QED) is 0.162. The first-order valence-corrected chi connectivity index (χ1v) is 17.3. The number of hydrogen-bond donors (Lipinski definition) is 3. The molecule has 50 heavy (non-hydrogen) atoms. The van der Waals surface area contributed by atoms with Crippen LogP contribution in [0.2, 0.25) is 0 Å². The fourth-order valence-electron chi connectivity index (χ4n) is 12.9. The fraction of sp³-hybridized carbons (Fsp3) is 0.750. The highest BCUT2D eigenvalue weighted by Crippen LogP contribution is 2.79. The van der Waals surface area contributed by atoms with Gasteiger partial charge in [-0.05, 0) is 31.4 Å². The molecule has 7 bridgehead atoms. The molecule has 16 atom stereocenters. The largest absolute Gasteiger partial charge is 1.00 e. The Bertz CT molecular complexity index is 1480. The molecule has 1 saturated heterocycles. The summed E-state index contributed by atoms with van der Waals surface area (Å²) in [6.07, 6.45) is -5.33. The fourth-order valence-corrected chi connectivity index (χ4v) is 12.9. The zero-order valence-corrected chi connectivity index (χ0v) is 31.2. The van der Waals surface area contributed by atoms with Crippen LogP contribution in [0.4, 0.5) is 0 Å². The van der Waals surface area contributed by atoms with Gasteiger partial charge in [-0.15, -0.1) is 0 Å². The number of fused-ring (bicyclic) bond motifs is 2. The van der Waals surface area contributed by atoms with Gasteiger partial charge in [0.25, 0.3) is 0 Å². The van der Waals surface area contributed by atoms with Gasteiger partial charge in [0.2, 0.25) is 0 Å². The van der Waals surface area contributed by atoms with E-state index in [0.29, 0.717) is 25.1 Å². The first-order valence-electron chi connectivity index (χ1n) is 17.3. The van der Waals surface area contributed by atoms with Crippen molar-refractivity contribution in [1.82, 2.24) is 0 Å². The van der Waals surface area contributed by atoms with Crippen LogP contribution in [0, 0.1) is 34.5 Å². The van der Waals surface area contributed by atoms with Crippen molar-refractivity contribution in [2.45, 2.75) is 87.5 Å². The highest BCUT2D eigenvalue weighted by atomic mass is 79.9. The molecule has 1 aromatic carbocycles. The van der Waals surface area contributed by atoms with E-state index in [4.69, 9.17) is 33.2 Å². The number of quaternary nitrogens is 1. The summed E-state index contributed by atoms with van der Waals surface area (Å²) < 4.78 is 44.0. The van der Waals surface area contributed by atoms with Gasteiger partial charge in [-0.3, -0.25) is 9.59 Å². The second kappa shape index (κ2) is 13.0. The van der Waals surface area contributed by atoms with E-state index in [0.717, 1.165) is 4.90 Å². The molecule has 13 nitrogen and oxygen atoms in total. The summed E-state index contributed by atoms with van der Waals surface area (Å²) in [4.78, 5) is 41.0. The van der Waals surface area contributed by atoms with E-state index in [-0.39, 0.29) is 42.0 Å². The van der Waals surface area contributed by atoms with Gasteiger partial charge in [-0.25, -0.2) is 4.79 Å². The van der Waals surface area contributed by atoms with Crippen molar-refractivity contribution in [3.05, 3.63) is 35.9 Å². The van der Waals surface area contributed by atoms with Crippen molar-refractivity contribution >= 4 is 17.9 Å². The smallest absolute Gasteiger partial charge is 0.338 e. The Morgan fingerprint density at radius 2 is 1.62 bits per heavy atom. The number of carbonyl (C=O) groups excluding carboxylic acids is 3. The van der Waals surface area contributed by atoms with Gasteiger partial charge in [0.1, 0.15) is 36.1 Å². The molecule has 1 aromatic rings. The van der Waals surface area contributed by atoms with Crippen molar-refractivity contribution in [3.63, 3.8) is 0 Å². The number of rotatable bonds is 10. The third kappa shape index (κ3) is 4.51. The maximum Gasteiger partial charge on any atom is 0.338 e. The van der Waals surface area contributed by atoms with E-state index in [1.165, 1.54) is 21.0 Å². The molecule has 0 aromatic heterocycles. The molecule has 0 amide bonds. The van der Waals surface area contributed by atoms with Crippen molar-refractivity contribution in [2.75, 3.05) is 48.1 Å². The zero-order chi connectivity index (χ0) is 35.3. The molecule has 278 valence electrons. The molecule has 1 aliphatic heterocycles. The van der Waals surface area contributed by atoms with Gasteiger partial charge < -0.3 is 65.3 Å². The van der Waals surface area contributed by atoms with Crippen molar-refractivity contribution in [3.8, 4) is 0 Å². The SMILES string of the molecule is CC[NH+]1CC2(COC)C(OC(C)=O)CC(OC)C34C5C[C@]6(O)C(OC)C(O)[C@](OC(C)=O)(C(C(OC)[C@H]23)[C@@H]14)[C@H]5C6OC(=O)c1ccccc1.[Br-]. The van der Waals surface area contributed by atoms with Crippen LogP contribution in [0.3, 0.4) is 0 Å². The maximum atomic E-state index is 13.8. The number of nitrogens with one attached hydrogen (secondary N) is 1. The molecule has 14 heteroatoms. The first kappa shape index (κ1) is 37.6. The van der Waals surface area contributed by atoms with Gasteiger partial charge >= 0.3 is 17.9 Å². The zero-order valence-electron chi connectivity index (χ0n) is 29.6. The van der Waals surface area contributed by atoms with Crippen LogP contribution in [0.1, 0.15) is 44.0 Å². The molecule has 1 heterocycles. The lowest BCUT2D eigenvalue weighted by Crippen LogP contribution is -3.22. The van der Waals surface area contributed by atoms with Crippen LogP contribution >= 0.6 is 0 Å². The Balaban J connectivity index is 0.00000432. The minimum absolute atomic E-state index is 0. The van der Waals surface area contributed by atoms with Crippen molar-refractivity contribution in [1.29, 1.82) is 0 Å². The Morgan fingerprint density at radius 3 is 2.18 bits per heavy atom. The lowest BCUT2D eigenvalue weighted by molar-refractivity contribution is -0.953. The number of aliphatic hydroxyl groups is 2. The molecule has 1 spiro atoms. The standard InChI is InChI=1S/C36H49NO12.BrH/c1-8-37-16-33(17-43-4)22(47-18(2)38)14-23(44-5)35-21-15-34(42)30(48-32(41)20-12-10-9-11-13-20)24(21)36(49-19(3)39,29(40)31(34)46-7)25(28(35)37)26(45-6)27(33)35;/h9-13,21-31,40,42H,8,14-17H2,1-7H3;1H/t21?,22?,23?,24-,25?,26?,27-,28-,29?,30?,31?,33?,34-,35?,36-;/m1./s1. The number of carbonyl (C=O) groups is 3. The normalized spacial score (nSPS) is 47.5. The number of benzene rings is 1. The molecule has 11 unspecified atom stereocenters. The number of halogens is 1. The molecule has 5 aliphatic carbocycles. The van der Waals surface area contributed by atoms with E-state index in [2.05, 4.69) is 6.92 Å². The Hall–Kier alpha value is -2.17. The number of ether oxygens (including phenoxy) is 7. The molecule has 3 N–H and O–H groups in total. The monoisotopic (exact) mass is 767 g/mol. The summed E-state index contributed by atoms with van der Waals surface area (Å²) in [5, 5.41) is 25.5. The molecular formula is C36H50BrNO12. The van der Waals surface area contributed by atoms with Crippen LogP contribution in [0.15, 0.2) is 30.3 Å². The summed E-state index contributed by atoms with van der Waals surface area (Å²) in [6, 6.07) is 8.22. The predicted molar refractivity (Wildman–Crippen MR) is 169 cm³/mol. The second-order valence-electron chi connectivity index (χ2n) is 15.2. The summed E-state index contributed by atoms with van der Waals surface area (Å²) in [7, 11) is 6.29. The van der Waals surface area contributed by atoms with Gasteiger partial charge in [0.05, 0.1) is 54.2 Å². The maximum absolute atomic E-state index is 13.8. The Kier molecular flexibility index (Phi) is 9.81. The third-order valence-corrected chi connectivity index (χ3v) is 13.6. The van der Waals surface area contributed by atoms with Crippen molar-refractivity contribution in [2.24, 2.45) is 34.5 Å². The molecular weight excluding hydrogens is 718 g/mol. The van der Waals surface area contributed by atoms with E-state index in [1.807, 2.05) is 0 Å². The minimum Gasteiger partial charge on any atom is -1.00 e. The molecule has 6 aliphatic rings. The van der Waals surface area contributed by atoms with E-state index < -0.39 is 94.3 Å². The number of methoxy groups -OCH3 is 4. The number of hydrogen-bond acceptors (Lipinski definition) is 12. The molecule has 7 rings (SSSR count). The number of aliphatic hydroxyl groups excluding tert-OH is 1. The van der Waals surface area contributed by atoms with Crippen LogP contribution in [-0.4, -0.2) is 130 Å². The number of esters is 3. The van der Waals surface area contributed by atoms with Crippen LogP contribution in [-0.2, 0) is 42.7 Å². The van der Waals surface area contributed by atoms with Crippen molar-refractivity contribution < 1.29 is 79.6 Å². The van der Waals surface area contributed by atoms with Gasteiger partial charge in [0, 0.05) is 60.5 Å². The summed E-state index contributed by atoms with van der Waals surface area (Å²) in [6.45, 7) is 6.23. The van der Waals surface area contributed by atoms with Crippen LogP contribution < -0.4 is 21.9 Å². The van der Waals surface area contributed by atoms with Crippen LogP contribution in [0.25, 0.3) is 0 Å². The summed E-state index contributed by atoms with van der Waals surface area (Å²) >= 11 is 0. The third-order valence-electron chi connectivity index (χ3n) is 13.6. The van der Waals surface area contributed by atoms with E-state index in [9.17, 15) is 24.6 Å². The average Bonchev–Trinajstić information content (AvgIpc) is 3.44. The Morgan fingerprint density at radius 1 is 0.920 bits per heavy atom. The average molecular weight is 769 g/mol. The molecule has 0 radical (unpaired) electrons. The predicted octanol–water partition coefficient (Wildman–Crippen LogP) is -3.19. The Labute approximate surface area is 302 Å². The topological polar surface area (TPSA) is 161 Å². The number of piperidine rings is 1. The van der Waals surface area contributed by atoms with E-state index in [1.54, 1.807) is 51.7 Å². The summed E-state index contributed by atoms with van der Waals surface area (Å²) in [5.74, 6) is -4.13. The van der Waals surface area contributed by atoms with Gasteiger partial charge in [0.15, 0.2) is 5.60 Å². The highest BCUT2D eigenvalue weighted by molar-refractivity contribution is 5.89. The van der Waals surface area contributed by atoms with Gasteiger partial charge in [-0.2, -0.15) is 0 Å². The highest BCUT2D eigenvalue weighted by Gasteiger charge is 2.94. The first-order chi connectivity index (χ1) is 23.4. The lowest BCUT2D eigenvalue weighted by atomic mass is 9.42. The van der Waals surface area contributed by atoms with E-state index >= 15 is 0 Å². The molecule has 5 saturated carbocycles. The second-order valence-corrected chi connectivity index (χ2v) is 15.2. The van der Waals surface area contributed by atoms with Crippen LogP contribution in [0.5, 0.6) is 0 Å².